The van der Waals surface area contributed by atoms with E-state index in [-0.39, 0.29) is 11.5 Å². The number of benzene rings is 1. The molecule has 0 aliphatic heterocycles. The normalized spacial score (nSPS) is 11.0. The highest BCUT2D eigenvalue weighted by atomic mass is 16.5. The summed E-state index contributed by atoms with van der Waals surface area (Å²) in [5.41, 5.74) is 2.93. The topological polar surface area (TPSA) is 91.2 Å². The number of nitrogens with one attached hydrogen (secondary N) is 1. The van der Waals surface area contributed by atoms with Gasteiger partial charge in [-0.2, -0.15) is 5.10 Å². The van der Waals surface area contributed by atoms with Crippen molar-refractivity contribution in [3.05, 3.63) is 23.8 Å². The van der Waals surface area contributed by atoms with Gasteiger partial charge in [0.25, 0.3) is 0 Å². The van der Waals surface area contributed by atoms with Crippen LogP contribution in [0.5, 0.6) is 11.5 Å². The van der Waals surface area contributed by atoms with Gasteiger partial charge >= 0.3 is 6.09 Å². The van der Waals surface area contributed by atoms with Crippen molar-refractivity contribution in [3.8, 4) is 11.5 Å². The highest BCUT2D eigenvalue weighted by molar-refractivity contribution is 6.01. The summed E-state index contributed by atoms with van der Waals surface area (Å²) in [5, 5.41) is 22.3. The molecule has 6 heteroatoms. The monoisotopic (exact) mass is 224 g/mol. The number of phenolic OH excluding ortho intramolecular Hbond substituents is 2. The number of hydrogen-bond donors (Lipinski definition) is 3. The highest BCUT2D eigenvalue weighted by Crippen LogP contribution is 2.22. The number of phenols is 2. The summed E-state index contributed by atoms with van der Waals surface area (Å²) in [6, 6.07) is 4.08. The SMILES string of the molecule is COC(=O)N/N=C(/C)c1ccc(O)cc1O. The molecule has 0 aromatic heterocycles. The van der Waals surface area contributed by atoms with Crippen molar-refractivity contribution < 1.29 is 19.7 Å². The van der Waals surface area contributed by atoms with E-state index in [1.54, 1.807) is 6.92 Å². The zero-order chi connectivity index (χ0) is 12.1. The molecule has 0 saturated heterocycles. The van der Waals surface area contributed by atoms with Crippen LogP contribution in [0.4, 0.5) is 4.79 Å². The number of carbonyl (C=O) groups excluding carboxylic acids is 1. The maximum atomic E-state index is 10.7. The molecule has 0 heterocycles. The van der Waals surface area contributed by atoms with E-state index < -0.39 is 6.09 Å². The molecular formula is C10H12N2O4. The van der Waals surface area contributed by atoms with Crippen molar-refractivity contribution in [1.82, 2.24) is 5.43 Å². The fourth-order valence-corrected chi connectivity index (χ4v) is 1.06. The minimum Gasteiger partial charge on any atom is -0.508 e. The van der Waals surface area contributed by atoms with Gasteiger partial charge in [0.2, 0.25) is 0 Å². The quantitative estimate of drug-likeness (QED) is 0.519. The van der Waals surface area contributed by atoms with Crippen molar-refractivity contribution in [2.45, 2.75) is 6.92 Å². The number of rotatable bonds is 2. The number of amides is 1. The van der Waals surface area contributed by atoms with E-state index in [2.05, 4.69) is 15.3 Å². The van der Waals surface area contributed by atoms with Crippen LogP contribution in [-0.2, 0) is 4.74 Å². The first-order valence-corrected chi connectivity index (χ1v) is 4.45. The molecule has 86 valence electrons. The number of hydrazone groups is 1. The summed E-state index contributed by atoms with van der Waals surface area (Å²) in [6.07, 6.45) is -0.697. The lowest BCUT2D eigenvalue weighted by atomic mass is 10.1. The van der Waals surface area contributed by atoms with Crippen molar-refractivity contribution in [2.24, 2.45) is 5.10 Å². The molecule has 6 nitrogen and oxygen atoms in total. The standard InChI is InChI=1S/C10H12N2O4/c1-6(11-12-10(15)16-2)8-4-3-7(13)5-9(8)14/h3-5,13-14H,1-2H3,(H,12,15)/b11-6-. The third kappa shape index (κ3) is 2.88. The molecule has 0 bridgehead atoms. The van der Waals surface area contributed by atoms with E-state index in [1.807, 2.05) is 0 Å². The molecule has 0 saturated carbocycles. The van der Waals surface area contributed by atoms with Gasteiger partial charge in [-0.3, -0.25) is 0 Å². The Hall–Kier alpha value is -2.24. The Morgan fingerprint density at radius 1 is 1.44 bits per heavy atom. The second kappa shape index (κ2) is 5.01. The Morgan fingerprint density at radius 2 is 2.12 bits per heavy atom. The predicted octanol–water partition coefficient (Wildman–Crippen LogP) is 1.18. The van der Waals surface area contributed by atoms with Gasteiger partial charge in [-0.15, -0.1) is 0 Å². The smallest absolute Gasteiger partial charge is 0.427 e. The van der Waals surface area contributed by atoms with E-state index in [1.165, 1.54) is 25.3 Å². The van der Waals surface area contributed by atoms with E-state index in [9.17, 15) is 9.90 Å². The molecule has 0 unspecified atom stereocenters. The van der Waals surface area contributed by atoms with E-state index >= 15 is 0 Å². The number of aromatic hydroxyl groups is 2. The second-order valence-electron chi connectivity index (χ2n) is 3.00. The summed E-state index contributed by atoms with van der Waals surface area (Å²) < 4.78 is 4.33. The van der Waals surface area contributed by atoms with Gasteiger partial charge < -0.3 is 14.9 Å². The van der Waals surface area contributed by atoms with Crippen LogP contribution in [0, 0.1) is 0 Å². The van der Waals surface area contributed by atoms with Gasteiger partial charge in [0.15, 0.2) is 0 Å². The minimum atomic E-state index is -0.697. The molecule has 0 aliphatic rings. The Bertz CT molecular complexity index is 429. The van der Waals surface area contributed by atoms with Crippen LogP contribution in [0.15, 0.2) is 23.3 Å². The molecule has 1 aromatic rings. The number of methoxy groups -OCH3 is 1. The molecule has 0 fully saturated rings. The Kier molecular flexibility index (Phi) is 3.71. The van der Waals surface area contributed by atoms with Gasteiger partial charge in [0.1, 0.15) is 11.5 Å². The molecule has 0 aliphatic carbocycles. The summed E-state index contributed by atoms with van der Waals surface area (Å²) in [5.74, 6) is -0.164. The van der Waals surface area contributed by atoms with Crippen LogP contribution < -0.4 is 5.43 Å². The minimum absolute atomic E-state index is 0.0463. The third-order valence-corrected chi connectivity index (χ3v) is 1.87. The lowest BCUT2D eigenvalue weighted by Gasteiger charge is -2.04. The van der Waals surface area contributed by atoms with Gasteiger partial charge in [-0.1, -0.05) is 0 Å². The Balaban J connectivity index is 2.87. The maximum Gasteiger partial charge on any atom is 0.427 e. The summed E-state index contributed by atoms with van der Waals surface area (Å²) in [6.45, 7) is 1.60. The fraction of sp³-hybridized carbons (Fsp3) is 0.200. The molecule has 1 rings (SSSR count). The number of hydrogen-bond acceptors (Lipinski definition) is 5. The van der Waals surface area contributed by atoms with E-state index in [4.69, 9.17) is 5.11 Å². The summed E-state index contributed by atoms with van der Waals surface area (Å²) in [7, 11) is 1.22. The van der Waals surface area contributed by atoms with Crippen molar-refractivity contribution in [1.29, 1.82) is 0 Å². The first kappa shape index (κ1) is 11.8. The van der Waals surface area contributed by atoms with Crippen LogP contribution >= 0.6 is 0 Å². The summed E-state index contributed by atoms with van der Waals surface area (Å²) >= 11 is 0. The zero-order valence-corrected chi connectivity index (χ0v) is 8.89. The molecule has 1 aromatic carbocycles. The maximum absolute atomic E-state index is 10.7. The van der Waals surface area contributed by atoms with Gasteiger partial charge in [-0.05, 0) is 19.1 Å². The first-order chi connectivity index (χ1) is 7.54. The molecule has 16 heavy (non-hydrogen) atoms. The lowest BCUT2D eigenvalue weighted by molar-refractivity contribution is 0.171. The molecule has 0 radical (unpaired) electrons. The average molecular weight is 224 g/mol. The second-order valence-corrected chi connectivity index (χ2v) is 3.00. The van der Waals surface area contributed by atoms with Crippen LogP contribution in [0.3, 0.4) is 0 Å². The number of nitrogens with zero attached hydrogens (tertiary/aromatic N) is 1. The molecule has 0 spiro atoms. The van der Waals surface area contributed by atoms with Gasteiger partial charge in [0.05, 0.1) is 12.8 Å². The van der Waals surface area contributed by atoms with Crippen molar-refractivity contribution in [3.63, 3.8) is 0 Å². The predicted molar refractivity (Wildman–Crippen MR) is 57.5 cm³/mol. The molecule has 0 atom stereocenters. The Morgan fingerprint density at radius 3 is 2.69 bits per heavy atom. The third-order valence-electron chi connectivity index (χ3n) is 1.87. The van der Waals surface area contributed by atoms with Crippen molar-refractivity contribution >= 4 is 11.8 Å². The molecular weight excluding hydrogens is 212 g/mol. The molecule has 1 amide bonds. The van der Waals surface area contributed by atoms with Gasteiger partial charge in [0, 0.05) is 11.6 Å². The molecule has 3 N–H and O–H groups in total. The van der Waals surface area contributed by atoms with Gasteiger partial charge in [-0.25, -0.2) is 10.2 Å². The number of carbonyl (C=O) groups is 1. The lowest BCUT2D eigenvalue weighted by Crippen LogP contribution is -2.18. The largest absolute Gasteiger partial charge is 0.508 e. The first-order valence-electron chi connectivity index (χ1n) is 4.45. The van der Waals surface area contributed by atoms with E-state index in [0.29, 0.717) is 11.3 Å². The van der Waals surface area contributed by atoms with Crippen LogP contribution in [0.1, 0.15) is 12.5 Å². The zero-order valence-electron chi connectivity index (χ0n) is 8.89. The Labute approximate surface area is 92.2 Å². The number of ether oxygens (including phenoxy) is 1. The van der Waals surface area contributed by atoms with E-state index in [0.717, 1.165) is 0 Å². The van der Waals surface area contributed by atoms with Crippen LogP contribution in [0.25, 0.3) is 0 Å². The van der Waals surface area contributed by atoms with Crippen molar-refractivity contribution in [2.75, 3.05) is 7.11 Å². The average Bonchev–Trinajstić information content (AvgIpc) is 2.25. The summed E-state index contributed by atoms with van der Waals surface area (Å²) in [4.78, 5) is 10.7. The van der Waals surface area contributed by atoms with Crippen LogP contribution in [-0.4, -0.2) is 29.1 Å². The fourth-order valence-electron chi connectivity index (χ4n) is 1.06. The highest BCUT2D eigenvalue weighted by Gasteiger charge is 2.06. The van der Waals surface area contributed by atoms with Crippen LogP contribution in [0.2, 0.25) is 0 Å².